The minimum absolute atomic E-state index is 0.108. The first-order valence-electron chi connectivity index (χ1n) is 6.89. The Morgan fingerprint density at radius 3 is 3.10 bits per heavy atom. The number of nitrogens with zero attached hydrogens (tertiary/aromatic N) is 1. The number of anilines is 1. The van der Waals surface area contributed by atoms with Crippen molar-refractivity contribution in [3.63, 3.8) is 0 Å². The quantitative estimate of drug-likeness (QED) is 0.937. The van der Waals surface area contributed by atoms with E-state index in [2.05, 4.69) is 22.8 Å². The topological polar surface area (TPSA) is 32.3 Å². The number of benzene rings is 1. The van der Waals surface area contributed by atoms with E-state index < -0.39 is 0 Å². The first-order chi connectivity index (χ1) is 9.74. The van der Waals surface area contributed by atoms with Gasteiger partial charge in [-0.1, -0.05) is 6.07 Å². The van der Waals surface area contributed by atoms with Crippen molar-refractivity contribution in [2.75, 3.05) is 25.5 Å². The molecule has 104 valence electrons. The number of carbonyl (C=O) groups excluding carboxylic acids is 1. The normalized spacial score (nSPS) is 12.8. The lowest BCUT2D eigenvalue weighted by Crippen LogP contribution is -2.28. The summed E-state index contributed by atoms with van der Waals surface area (Å²) >= 11 is 1.74. The lowest BCUT2D eigenvalue weighted by atomic mass is 10.1. The molecule has 0 saturated carbocycles. The molecule has 0 unspecified atom stereocenters. The van der Waals surface area contributed by atoms with Gasteiger partial charge in [-0.05, 0) is 48.1 Å². The van der Waals surface area contributed by atoms with Gasteiger partial charge in [-0.2, -0.15) is 0 Å². The second kappa shape index (κ2) is 5.67. The summed E-state index contributed by atoms with van der Waals surface area (Å²) in [6.07, 6.45) is 1.93. The van der Waals surface area contributed by atoms with Crippen LogP contribution in [0.4, 0.5) is 5.69 Å². The zero-order chi connectivity index (χ0) is 13.9. The van der Waals surface area contributed by atoms with E-state index in [0.717, 1.165) is 31.5 Å². The number of carbonyl (C=O) groups is 1. The zero-order valence-electron chi connectivity index (χ0n) is 11.6. The molecule has 1 aliphatic heterocycles. The maximum atomic E-state index is 12.4. The van der Waals surface area contributed by atoms with Gasteiger partial charge in [0.2, 0.25) is 0 Å². The maximum Gasteiger partial charge on any atom is 0.253 e. The van der Waals surface area contributed by atoms with Crippen molar-refractivity contribution in [3.8, 4) is 0 Å². The molecular weight excluding hydrogens is 268 g/mol. The number of rotatable bonds is 4. The van der Waals surface area contributed by atoms with Gasteiger partial charge in [-0.3, -0.25) is 4.79 Å². The molecule has 2 aromatic rings. The van der Waals surface area contributed by atoms with Gasteiger partial charge in [-0.15, -0.1) is 11.3 Å². The molecule has 2 heterocycles. The van der Waals surface area contributed by atoms with E-state index in [9.17, 15) is 4.79 Å². The number of amides is 1. The van der Waals surface area contributed by atoms with Crippen LogP contribution < -0.4 is 5.32 Å². The highest BCUT2D eigenvalue weighted by atomic mass is 32.1. The summed E-state index contributed by atoms with van der Waals surface area (Å²) in [5.74, 6) is 0.108. The molecule has 0 atom stereocenters. The zero-order valence-corrected chi connectivity index (χ0v) is 12.4. The molecule has 1 amide bonds. The van der Waals surface area contributed by atoms with E-state index in [0.29, 0.717) is 0 Å². The highest BCUT2D eigenvalue weighted by Crippen LogP contribution is 2.23. The van der Waals surface area contributed by atoms with Gasteiger partial charge in [0.25, 0.3) is 5.91 Å². The highest BCUT2D eigenvalue weighted by Gasteiger charge is 2.16. The lowest BCUT2D eigenvalue weighted by molar-refractivity contribution is 0.0797. The van der Waals surface area contributed by atoms with E-state index in [1.165, 1.54) is 16.1 Å². The molecule has 1 aromatic heterocycles. The molecular formula is C16H18N2OS. The van der Waals surface area contributed by atoms with Gasteiger partial charge in [0, 0.05) is 36.3 Å². The second-order valence-electron chi connectivity index (χ2n) is 5.10. The molecule has 4 heteroatoms. The maximum absolute atomic E-state index is 12.4. The molecule has 0 fully saturated rings. The fourth-order valence-electron chi connectivity index (χ4n) is 2.49. The molecule has 0 aliphatic carbocycles. The molecule has 1 N–H and O–H groups in total. The Bertz CT molecular complexity index is 607. The lowest BCUT2D eigenvalue weighted by Gasteiger charge is -2.17. The van der Waals surface area contributed by atoms with Gasteiger partial charge < -0.3 is 10.2 Å². The van der Waals surface area contributed by atoms with Crippen molar-refractivity contribution in [2.24, 2.45) is 0 Å². The summed E-state index contributed by atoms with van der Waals surface area (Å²) in [5, 5.41) is 5.39. The van der Waals surface area contributed by atoms with Crippen molar-refractivity contribution < 1.29 is 4.79 Å². The van der Waals surface area contributed by atoms with Crippen molar-refractivity contribution >= 4 is 22.9 Å². The molecule has 0 saturated heterocycles. The van der Waals surface area contributed by atoms with E-state index >= 15 is 0 Å². The third-order valence-corrected chi connectivity index (χ3v) is 4.62. The van der Waals surface area contributed by atoms with Gasteiger partial charge in [0.1, 0.15) is 0 Å². The van der Waals surface area contributed by atoms with Gasteiger partial charge >= 0.3 is 0 Å². The van der Waals surface area contributed by atoms with E-state index in [1.54, 1.807) is 11.3 Å². The molecule has 0 spiro atoms. The minimum Gasteiger partial charge on any atom is -0.384 e. The fraction of sp³-hybridized carbons (Fsp3) is 0.312. The SMILES string of the molecule is CN(CCc1cccs1)C(=O)c1ccc2c(c1)CCN2. The highest BCUT2D eigenvalue weighted by molar-refractivity contribution is 7.09. The first-order valence-corrected chi connectivity index (χ1v) is 7.76. The Kier molecular flexibility index (Phi) is 3.74. The Balaban J connectivity index is 1.65. The Morgan fingerprint density at radius 1 is 1.40 bits per heavy atom. The van der Waals surface area contributed by atoms with E-state index in [-0.39, 0.29) is 5.91 Å². The smallest absolute Gasteiger partial charge is 0.253 e. The van der Waals surface area contributed by atoms with Crippen molar-refractivity contribution in [1.82, 2.24) is 4.90 Å². The number of fused-ring (bicyclic) bond motifs is 1. The number of hydrogen-bond donors (Lipinski definition) is 1. The van der Waals surface area contributed by atoms with Crippen LogP contribution in [-0.4, -0.2) is 30.9 Å². The number of nitrogens with one attached hydrogen (secondary N) is 1. The van der Waals surface area contributed by atoms with Gasteiger partial charge in [-0.25, -0.2) is 0 Å². The van der Waals surface area contributed by atoms with Crippen LogP contribution in [0.2, 0.25) is 0 Å². The van der Waals surface area contributed by atoms with Crippen molar-refractivity contribution in [1.29, 1.82) is 0 Å². The third-order valence-electron chi connectivity index (χ3n) is 3.68. The van der Waals surface area contributed by atoms with Crippen LogP contribution in [0.3, 0.4) is 0 Å². The molecule has 20 heavy (non-hydrogen) atoms. The third kappa shape index (κ3) is 2.70. The van der Waals surface area contributed by atoms with Crippen LogP contribution in [-0.2, 0) is 12.8 Å². The summed E-state index contributed by atoms with van der Waals surface area (Å²) in [6, 6.07) is 10.1. The summed E-state index contributed by atoms with van der Waals surface area (Å²) in [5.41, 5.74) is 3.21. The standard InChI is InChI=1S/C16H18N2OS/c1-18(9-7-14-3-2-10-20-14)16(19)13-4-5-15-12(11-13)6-8-17-15/h2-5,10-11,17H,6-9H2,1H3. The summed E-state index contributed by atoms with van der Waals surface area (Å²) in [7, 11) is 1.88. The van der Waals surface area contributed by atoms with Gasteiger partial charge in [0.15, 0.2) is 0 Å². The molecule has 3 rings (SSSR count). The molecule has 1 aromatic carbocycles. The Labute approximate surface area is 123 Å². The summed E-state index contributed by atoms with van der Waals surface area (Å²) in [4.78, 5) is 15.5. The van der Waals surface area contributed by atoms with Crippen LogP contribution in [0.25, 0.3) is 0 Å². The van der Waals surface area contributed by atoms with Crippen molar-refractivity contribution in [2.45, 2.75) is 12.8 Å². The predicted molar refractivity (Wildman–Crippen MR) is 83.6 cm³/mol. The number of thiophene rings is 1. The summed E-state index contributed by atoms with van der Waals surface area (Å²) in [6.45, 7) is 1.73. The largest absolute Gasteiger partial charge is 0.384 e. The average molecular weight is 286 g/mol. The molecule has 3 nitrogen and oxygen atoms in total. The van der Waals surface area contributed by atoms with Gasteiger partial charge in [0.05, 0.1) is 0 Å². The van der Waals surface area contributed by atoms with E-state index in [4.69, 9.17) is 0 Å². The van der Waals surface area contributed by atoms with Crippen LogP contribution in [0, 0.1) is 0 Å². The van der Waals surface area contributed by atoms with Crippen LogP contribution in [0.5, 0.6) is 0 Å². The minimum atomic E-state index is 0.108. The van der Waals surface area contributed by atoms with E-state index in [1.807, 2.05) is 30.1 Å². The van der Waals surface area contributed by atoms with Crippen LogP contribution >= 0.6 is 11.3 Å². The van der Waals surface area contributed by atoms with Crippen LogP contribution in [0.15, 0.2) is 35.7 Å². The molecule has 0 bridgehead atoms. The Hall–Kier alpha value is -1.81. The number of likely N-dealkylation sites (N-methyl/N-ethyl adjacent to an activating group) is 1. The van der Waals surface area contributed by atoms with Crippen molar-refractivity contribution in [3.05, 3.63) is 51.7 Å². The second-order valence-corrected chi connectivity index (χ2v) is 6.14. The van der Waals surface area contributed by atoms with Crippen LogP contribution in [0.1, 0.15) is 20.8 Å². The fourth-order valence-corrected chi connectivity index (χ4v) is 3.19. The summed E-state index contributed by atoms with van der Waals surface area (Å²) < 4.78 is 0. The number of hydrogen-bond acceptors (Lipinski definition) is 3. The molecule has 1 aliphatic rings. The first kappa shape index (κ1) is 13.2. The average Bonchev–Trinajstić information content (AvgIpc) is 3.13. The Morgan fingerprint density at radius 2 is 2.30 bits per heavy atom. The molecule has 0 radical (unpaired) electrons. The monoisotopic (exact) mass is 286 g/mol. The predicted octanol–water partition coefficient (Wildman–Crippen LogP) is 3.03.